The van der Waals surface area contributed by atoms with Crippen molar-refractivity contribution in [2.45, 2.75) is 50.1 Å². The Morgan fingerprint density at radius 2 is 1.32 bits per heavy atom. The third kappa shape index (κ3) is 4.69. The molecule has 2 aromatic carbocycles. The molecule has 2 aromatic rings. The monoisotopic (exact) mass is 402 g/mol. The van der Waals surface area contributed by atoms with E-state index >= 15 is 0 Å². The number of hydrogen-bond acceptors (Lipinski definition) is 1. The molecule has 152 valence electrons. The Bertz CT molecular complexity index is 757. The zero-order valence-electron chi connectivity index (χ0n) is 15.0. The van der Waals surface area contributed by atoms with Gasteiger partial charge in [0.05, 0.1) is 24.3 Å². The van der Waals surface area contributed by atoms with Gasteiger partial charge in [0.1, 0.15) is 0 Å². The van der Waals surface area contributed by atoms with Gasteiger partial charge in [0.15, 0.2) is 0 Å². The molecule has 0 spiro atoms. The lowest BCUT2D eigenvalue weighted by atomic mass is 9.80. The van der Waals surface area contributed by atoms with Crippen LogP contribution in [0, 0.1) is 0 Å². The fraction of sp³-hybridized carbons (Fsp3) is 0.429. The third-order valence-corrected chi connectivity index (χ3v) is 5.24. The van der Waals surface area contributed by atoms with Crippen molar-refractivity contribution in [2.24, 2.45) is 0 Å². The van der Waals surface area contributed by atoms with Gasteiger partial charge >= 0.3 is 12.4 Å². The molecule has 3 rings (SSSR count). The summed E-state index contributed by atoms with van der Waals surface area (Å²) in [6.07, 6.45) is -5.92. The molecule has 1 aliphatic carbocycles. The van der Waals surface area contributed by atoms with Crippen molar-refractivity contribution in [1.29, 1.82) is 0 Å². The molecule has 0 radical (unpaired) electrons. The van der Waals surface area contributed by atoms with E-state index in [0.29, 0.717) is 0 Å². The summed E-state index contributed by atoms with van der Waals surface area (Å²) in [5, 5.41) is 0. The van der Waals surface area contributed by atoms with E-state index < -0.39 is 23.5 Å². The van der Waals surface area contributed by atoms with E-state index in [1.54, 1.807) is 0 Å². The lowest BCUT2D eigenvalue weighted by molar-refractivity contribution is -0.143. The molecule has 1 fully saturated rings. The highest BCUT2D eigenvalue weighted by Crippen LogP contribution is 2.42. The summed E-state index contributed by atoms with van der Waals surface area (Å²) in [5.41, 5.74) is -1.93. The predicted molar refractivity (Wildman–Crippen MR) is 92.7 cm³/mol. The fourth-order valence-electron chi connectivity index (χ4n) is 3.83. The van der Waals surface area contributed by atoms with Gasteiger partial charge in [-0.2, -0.15) is 26.3 Å². The molecule has 0 N–H and O–H groups in total. The SMILES string of the molecule is FC(F)(F)c1cc(COCC2(c3ccccc3)CCCC2)cc(C(F)(F)F)c1. The minimum atomic E-state index is -4.85. The van der Waals surface area contributed by atoms with Crippen LogP contribution in [-0.4, -0.2) is 6.61 Å². The first-order valence-corrected chi connectivity index (χ1v) is 9.02. The summed E-state index contributed by atoms with van der Waals surface area (Å²) in [5.74, 6) is 0. The number of hydrogen-bond donors (Lipinski definition) is 0. The Hall–Kier alpha value is -2.02. The minimum Gasteiger partial charge on any atom is -0.376 e. The van der Waals surface area contributed by atoms with Gasteiger partial charge in [-0.3, -0.25) is 0 Å². The second-order valence-electron chi connectivity index (χ2n) is 7.26. The molecule has 1 aliphatic rings. The van der Waals surface area contributed by atoms with Crippen molar-refractivity contribution in [3.05, 3.63) is 70.8 Å². The molecule has 0 bridgehead atoms. The van der Waals surface area contributed by atoms with Crippen LogP contribution in [0.15, 0.2) is 48.5 Å². The maximum Gasteiger partial charge on any atom is 0.416 e. The van der Waals surface area contributed by atoms with Crippen LogP contribution < -0.4 is 0 Å². The van der Waals surface area contributed by atoms with Crippen LogP contribution in [0.3, 0.4) is 0 Å². The summed E-state index contributed by atoms with van der Waals surface area (Å²) in [6, 6.07) is 11.3. The topological polar surface area (TPSA) is 9.23 Å². The van der Waals surface area contributed by atoms with E-state index in [-0.39, 0.29) is 30.3 Å². The zero-order chi connectivity index (χ0) is 20.4. The zero-order valence-corrected chi connectivity index (χ0v) is 15.0. The van der Waals surface area contributed by atoms with Gasteiger partial charge in [-0.1, -0.05) is 43.2 Å². The third-order valence-electron chi connectivity index (χ3n) is 5.24. The summed E-state index contributed by atoms with van der Waals surface area (Å²) < 4.78 is 83.5. The van der Waals surface area contributed by atoms with E-state index in [1.165, 1.54) is 0 Å². The Morgan fingerprint density at radius 1 is 0.786 bits per heavy atom. The summed E-state index contributed by atoms with van der Waals surface area (Å²) in [6.45, 7) is -0.0454. The summed E-state index contributed by atoms with van der Waals surface area (Å²) in [7, 11) is 0. The van der Waals surface area contributed by atoms with Crippen LogP contribution in [0.2, 0.25) is 0 Å². The molecule has 0 heterocycles. The molecule has 0 aliphatic heterocycles. The van der Waals surface area contributed by atoms with E-state index in [2.05, 4.69) is 0 Å². The van der Waals surface area contributed by atoms with Crippen molar-refractivity contribution in [3.8, 4) is 0 Å². The first-order valence-electron chi connectivity index (χ1n) is 9.02. The number of halogens is 6. The maximum absolute atomic E-state index is 13.0. The van der Waals surface area contributed by atoms with Gasteiger partial charge in [-0.05, 0) is 42.2 Å². The number of benzene rings is 2. The van der Waals surface area contributed by atoms with E-state index in [4.69, 9.17) is 4.74 Å². The fourth-order valence-corrected chi connectivity index (χ4v) is 3.83. The molecule has 7 heteroatoms. The van der Waals surface area contributed by atoms with Crippen LogP contribution >= 0.6 is 0 Å². The molecule has 0 atom stereocenters. The van der Waals surface area contributed by atoms with E-state index in [0.717, 1.165) is 43.4 Å². The highest BCUT2D eigenvalue weighted by atomic mass is 19.4. The molecule has 0 unspecified atom stereocenters. The maximum atomic E-state index is 13.0. The lowest BCUT2D eigenvalue weighted by Crippen LogP contribution is -2.28. The van der Waals surface area contributed by atoms with Crippen molar-refractivity contribution in [3.63, 3.8) is 0 Å². The largest absolute Gasteiger partial charge is 0.416 e. The molecule has 0 amide bonds. The second-order valence-corrected chi connectivity index (χ2v) is 7.26. The van der Waals surface area contributed by atoms with E-state index in [1.807, 2.05) is 30.3 Å². The van der Waals surface area contributed by atoms with Gasteiger partial charge in [-0.15, -0.1) is 0 Å². The lowest BCUT2D eigenvalue weighted by Gasteiger charge is -2.29. The number of ether oxygens (including phenoxy) is 1. The Kier molecular flexibility index (Phi) is 5.75. The smallest absolute Gasteiger partial charge is 0.376 e. The Balaban J connectivity index is 1.78. The average molecular weight is 402 g/mol. The summed E-state index contributed by atoms with van der Waals surface area (Å²) in [4.78, 5) is 0. The molecular formula is C21H20F6O. The molecule has 28 heavy (non-hydrogen) atoms. The summed E-state index contributed by atoms with van der Waals surface area (Å²) >= 11 is 0. The highest BCUT2D eigenvalue weighted by Gasteiger charge is 2.38. The number of rotatable bonds is 5. The average Bonchev–Trinajstić information content (AvgIpc) is 3.11. The molecule has 1 saturated carbocycles. The van der Waals surface area contributed by atoms with Gasteiger partial charge in [0.2, 0.25) is 0 Å². The van der Waals surface area contributed by atoms with Gasteiger partial charge in [0.25, 0.3) is 0 Å². The van der Waals surface area contributed by atoms with Crippen molar-refractivity contribution < 1.29 is 31.1 Å². The van der Waals surface area contributed by atoms with Crippen LogP contribution in [0.5, 0.6) is 0 Å². The van der Waals surface area contributed by atoms with Crippen molar-refractivity contribution in [2.75, 3.05) is 6.61 Å². The predicted octanol–water partition coefficient (Wildman–Crippen LogP) is 6.75. The Labute approximate surface area is 159 Å². The minimum absolute atomic E-state index is 0.131. The van der Waals surface area contributed by atoms with Gasteiger partial charge in [-0.25, -0.2) is 0 Å². The highest BCUT2D eigenvalue weighted by molar-refractivity contribution is 5.33. The first-order chi connectivity index (χ1) is 13.1. The molecular weight excluding hydrogens is 382 g/mol. The van der Waals surface area contributed by atoms with Crippen LogP contribution in [0.4, 0.5) is 26.3 Å². The van der Waals surface area contributed by atoms with Crippen LogP contribution in [-0.2, 0) is 29.1 Å². The quantitative estimate of drug-likeness (QED) is 0.503. The van der Waals surface area contributed by atoms with E-state index in [9.17, 15) is 26.3 Å². The van der Waals surface area contributed by atoms with Crippen molar-refractivity contribution >= 4 is 0 Å². The van der Waals surface area contributed by atoms with Gasteiger partial charge < -0.3 is 4.74 Å². The second kappa shape index (κ2) is 7.78. The Morgan fingerprint density at radius 3 is 1.82 bits per heavy atom. The van der Waals surface area contributed by atoms with Crippen molar-refractivity contribution in [1.82, 2.24) is 0 Å². The number of alkyl halides is 6. The standard InChI is InChI=1S/C21H20F6O/c22-20(23,24)17-10-15(11-18(12-17)21(25,26)27)13-28-14-19(8-4-5-9-19)16-6-2-1-3-7-16/h1-3,6-7,10-12H,4-5,8-9,13-14H2. The molecule has 0 aromatic heterocycles. The normalized spacial score (nSPS) is 17.1. The van der Waals surface area contributed by atoms with Crippen LogP contribution in [0.25, 0.3) is 0 Å². The molecule has 1 nitrogen and oxygen atoms in total. The van der Waals surface area contributed by atoms with Crippen LogP contribution in [0.1, 0.15) is 47.9 Å². The first kappa shape index (κ1) is 20.7. The van der Waals surface area contributed by atoms with Gasteiger partial charge in [0, 0.05) is 5.41 Å². The molecule has 0 saturated heterocycles.